The molecule has 0 atom stereocenters. The van der Waals surface area contributed by atoms with Gasteiger partial charge in [-0.05, 0) is 45.4 Å². The molecule has 0 spiro atoms. The van der Waals surface area contributed by atoms with Gasteiger partial charge >= 0.3 is 0 Å². The Morgan fingerprint density at radius 3 is 2.62 bits per heavy atom. The first-order valence-electron chi connectivity index (χ1n) is 7.08. The number of nitrogens with zero attached hydrogens (tertiary/aromatic N) is 1. The van der Waals surface area contributed by atoms with Crippen LogP contribution in [0.3, 0.4) is 0 Å². The number of nitrogen functional groups attached to an aromatic ring is 1. The summed E-state index contributed by atoms with van der Waals surface area (Å²) < 4.78 is 5.77. The number of aromatic nitrogens is 1. The minimum atomic E-state index is -0.323. The maximum atomic E-state index is 5.91. The van der Waals surface area contributed by atoms with Gasteiger partial charge in [0.25, 0.3) is 0 Å². The largest absolute Gasteiger partial charge is 0.470 e. The molecule has 4 heteroatoms. The van der Waals surface area contributed by atoms with Crippen LogP contribution in [0.2, 0.25) is 0 Å². The summed E-state index contributed by atoms with van der Waals surface area (Å²) in [6.07, 6.45) is 0. The van der Waals surface area contributed by atoms with Crippen molar-refractivity contribution in [3.05, 3.63) is 47.5 Å². The van der Waals surface area contributed by atoms with Gasteiger partial charge in [-0.2, -0.15) is 4.98 Å². The van der Waals surface area contributed by atoms with E-state index in [1.54, 1.807) is 0 Å². The summed E-state index contributed by atoms with van der Waals surface area (Å²) in [6.45, 7) is 8.72. The molecule has 0 unspecified atom stereocenters. The summed E-state index contributed by atoms with van der Waals surface area (Å²) in [5, 5.41) is 3.29. The van der Waals surface area contributed by atoms with Gasteiger partial charge in [0.15, 0.2) is 0 Å². The number of nitrogens with two attached hydrogens (primary N) is 1. The molecule has 1 aromatic carbocycles. The third kappa shape index (κ3) is 4.67. The molecule has 0 aliphatic heterocycles. The molecule has 3 N–H and O–H groups in total. The van der Waals surface area contributed by atoms with E-state index in [2.05, 4.69) is 41.5 Å². The second-order valence-electron chi connectivity index (χ2n) is 6.15. The first-order valence-corrected chi connectivity index (χ1v) is 7.08. The molecule has 2 rings (SSSR count). The smallest absolute Gasteiger partial charge is 0.239 e. The number of hydrogen-bond donors (Lipinski definition) is 2. The maximum absolute atomic E-state index is 5.91. The summed E-state index contributed by atoms with van der Waals surface area (Å²) in [5.41, 5.74) is 8.59. The summed E-state index contributed by atoms with van der Waals surface area (Å²) in [5.74, 6) is 1.22. The van der Waals surface area contributed by atoms with Crippen molar-refractivity contribution in [3.63, 3.8) is 0 Å². The van der Waals surface area contributed by atoms with E-state index >= 15 is 0 Å². The highest BCUT2D eigenvalue weighted by molar-refractivity contribution is 5.54. The van der Waals surface area contributed by atoms with E-state index < -0.39 is 0 Å². The second kappa shape index (κ2) is 6.04. The third-order valence-electron chi connectivity index (χ3n) is 2.85. The maximum Gasteiger partial charge on any atom is 0.239 e. The number of benzene rings is 1. The minimum absolute atomic E-state index is 0.323. The molecule has 0 saturated carbocycles. The van der Waals surface area contributed by atoms with E-state index in [0.29, 0.717) is 18.1 Å². The summed E-state index contributed by atoms with van der Waals surface area (Å²) in [6, 6.07) is 12.0. The average molecular weight is 285 g/mol. The number of anilines is 2. The molecule has 0 radical (unpaired) electrons. The number of aryl methyl sites for hydroxylation is 1. The first-order chi connectivity index (χ1) is 9.83. The fourth-order valence-electron chi connectivity index (χ4n) is 1.94. The van der Waals surface area contributed by atoms with Gasteiger partial charge in [-0.25, -0.2) is 0 Å². The third-order valence-corrected chi connectivity index (χ3v) is 2.85. The molecule has 1 heterocycles. The molecule has 0 aliphatic carbocycles. The molecule has 21 heavy (non-hydrogen) atoms. The lowest BCUT2D eigenvalue weighted by atomic mass is 10.1. The van der Waals surface area contributed by atoms with E-state index in [1.165, 1.54) is 11.1 Å². The van der Waals surface area contributed by atoms with Crippen molar-refractivity contribution in [2.45, 2.75) is 39.8 Å². The van der Waals surface area contributed by atoms with Crippen LogP contribution in [-0.4, -0.2) is 10.6 Å². The van der Waals surface area contributed by atoms with Gasteiger partial charge in [-0.15, -0.1) is 0 Å². The Hall–Kier alpha value is -2.23. The van der Waals surface area contributed by atoms with Crippen LogP contribution in [0.25, 0.3) is 0 Å². The van der Waals surface area contributed by atoms with Crippen LogP contribution < -0.4 is 15.8 Å². The number of pyridine rings is 1. The van der Waals surface area contributed by atoms with Crippen molar-refractivity contribution >= 4 is 11.5 Å². The molecule has 0 aliphatic rings. The lowest BCUT2D eigenvalue weighted by Crippen LogP contribution is -2.24. The highest BCUT2D eigenvalue weighted by Crippen LogP contribution is 2.25. The second-order valence-corrected chi connectivity index (χ2v) is 6.15. The highest BCUT2D eigenvalue weighted by atomic mass is 16.5. The summed E-state index contributed by atoms with van der Waals surface area (Å²) in [7, 11) is 0. The van der Waals surface area contributed by atoms with Gasteiger partial charge in [0, 0.05) is 6.54 Å². The van der Waals surface area contributed by atoms with Gasteiger partial charge < -0.3 is 15.8 Å². The van der Waals surface area contributed by atoms with Crippen LogP contribution in [0.15, 0.2) is 36.4 Å². The molecule has 0 amide bonds. The average Bonchev–Trinajstić information content (AvgIpc) is 2.38. The van der Waals surface area contributed by atoms with Crippen LogP contribution in [0, 0.1) is 6.92 Å². The van der Waals surface area contributed by atoms with Crippen molar-refractivity contribution < 1.29 is 4.74 Å². The van der Waals surface area contributed by atoms with Gasteiger partial charge in [0.1, 0.15) is 11.4 Å². The molecule has 0 bridgehead atoms. The fourth-order valence-corrected chi connectivity index (χ4v) is 1.94. The molecule has 4 nitrogen and oxygen atoms in total. The SMILES string of the molecule is Cc1cccc(CNc2ccc(N)c(OC(C)(C)C)n2)c1. The van der Waals surface area contributed by atoms with Gasteiger partial charge in [0.05, 0.1) is 5.69 Å². The van der Waals surface area contributed by atoms with Crippen LogP contribution in [-0.2, 0) is 6.54 Å². The summed E-state index contributed by atoms with van der Waals surface area (Å²) >= 11 is 0. The number of ether oxygens (including phenoxy) is 1. The Morgan fingerprint density at radius 1 is 1.19 bits per heavy atom. The zero-order valence-corrected chi connectivity index (χ0v) is 13.1. The van der Waals surface area contributed by atoms with Gasteiger partial charge in [0.2, 0.25) is 5.88 Å². The topological polar surface area (TPSA) is 60.2 Å². The van der Waals surface area contributed by atoms with E-state index in [4.69, 9.17) is 10.5 Å². The van der Waals surface area contributed by atoms with Crippen LogP contribution in [0.4, 0.5) is 11.5 Å². The molecular formula is C17H23N3O. The molecule has 112 valence electrons. The fraction of sp³-hybridized carbons (Fsp3) is 0.353. The summed E-state index contributed by atoms with van der Waals surface area (Å²) in [4.78, 5) is 4.44. The molecule has 1 aromatic heterocycles. The van der Waals surface area contributed by atoms with Gasteiger partial charge in [-0.3, -0.25) is 0 Å². The standard InChI is InChI=1S/C17H23N3O/c1-12-6-5-7-13(10-12)11-19-15-9-8-14(18)16(20-15)21-17(2,3)4/h5-10H,11,18H2,1-4H3,(H,19,20). The number of rotatable bonds is 4. The predicted octanol–water partition coefficient (Wildman–Crippen LogP) is 3.76. The zero-order valence-electron chi connectivity index (χ0n) is 13.1. The molecule has 2 aromatic rings. The zero-order chi connectivity index (χ0) is 15.5. The Balaban J connectivity index is 2.09. The normalized spacial score (nSPS) is 11.2. The van der Waals surface area contributed by atoms with E-state index in [1.807, 2.05) is 32.9 Å². The van der Waals surface area contributed by atoms with Crippen molar-refractivity contribution in [3.8, 4) is 5.88 Å². The Morgan fingerprint density at radius 2 is 1.95 bits per heavy atom. The monoisotopic (exact) mass is 285 g/mol. The Kier molecular flexibility index (Phi) is 4.36. The first kappa shape index (κ1) is 15.2. The molecule has 0 fully saturated rings. The lowest BCUT2D eigenvalue weighted by Gasteiger charge is -2.21. The van der Waals surface area contributed by atoms with E-state index in [9.17, 15) is 0 Å². The number of nitrogens with one attached hydrogen (secondary N) is 1. The van der Waals surface area contributed by atoms with Crippen LogP contribution in [0.5, 0.6) is 5.88 Å². The van der Waals surface area contributed by atoms with E-state index in [-0.39, 0.29) is 5.60 Å². The lowest BCUT2D eigenvalue weighted by molar-refractivity contribution is 0.125. The van der Waals surface area contributed by atoms with E-state index in [0.717, 1.165) is 5.82 Å². The van der Waals surface area contributed by atoms with Crippen molar-refractivity contribution in [1.82, 2.24) is 4.98 Å². The highest BCUT2D eigenvalue weighted by Gasteiger charge is 2.15. The Bertz CT molecular complexity index is 618. The Labute approximate surface area is 126 Å². The molecular weight excluding hydrogens is 262 g/mol. The minimum Gasteiger partial charge on any atom is -0.470 e. The van der Waals surface area contributed by atoms with Crippen molar-refractivity contribution in [1.29, 1.82) is 0 Å². The van der Waals surface area contributed by atoms with Gasteiger partial charge in [-0.1, -0.05) is 29.8 Å². The quantitative estimate of drug-likeness (QED) is 0.898. The molecule has 0 saturated heterocycles. The van der Waals surface area contributed by atoms with Crippen LogP contribution in [0.1, 0.15) is 31.9 Å². The van der Waals surface area contributed by atoms with Crippen molar-refractivity contribution in [2.75, 3.05) is 11.1 Å². The predicted molar refractivity (Wildman–Crippen MR) is 87.5 cm³/mol. The van der Waals surface area contributed by atoms with Crippen LogP contribution >= 0.6 is 0 Å². The van der Waals surface area contributed by atoms with Crippen molar-refractivity contribution in [2.24, 2.45) is 0 Å². The number of hydrogen-bond acceptors (Lipinski definition) is 4.